The first-order valence-corrected chi connectivity index (χ1v) is 5.97. The Labute approximate surface area is 104 Å². The normalized spacial score (nSPS) is 33.1. The fourth-order valence-electron chi connectivity index (χ4n) is 3.24. The van der Waals surface area contributed by atoms with E-state index in [0.29, 0.717) is 12.8 Å². The van der Waals surface area contributed by atoms with Crippen LogP contribution in [0.15, 0.2) is 24.3 Å². The van der Waals surface area contributed by atoms with E-state index in [1.165, 1.54) is 19.2 Å². The van der Waals surface area contributed by atoms with E-state index in [9.17, 15) is 14.0 Å². The fourth-order valence-corrected chi connectivity index (χ4v) is 3.24. The summed E-state index contributed by atoms with van der Waals surface area (Å²) in [5, 5.41) is 0. The van der Waals surface area contributed by atoms with Gasteiger partial charge in [0.05, 0.1) is 7.11 Å². The molecule has 3 atom stereocenters. The van der Waals surface area contributed by atoms with Gasteiger partial charge in [0.1, 0.15) is 11.2 Å². The van der Waals surface area contributed by atoms with E-state index in [4.69, 9.17) is 4.74 Å². The minimum atomic E-state index is -0.925. The number of hydrogen-bond donors (Lipinski definition) is 0. The zero-order chi connectivity index (χ0) is 12.9. The van der Waals surface area contributed by atoms with Gasteiger partial charge in [0.2, 0.25) is 0 Å². The average Bonchev–Trinajstić information content (AvgIpc) is 3.05. The molecule has 4 heteroatoms. The molecule has 2 fully saturated rings. The molecule has 0 aliphatic heterocycles. The van der Waals surface area contributed by atoms with E-state index in [-0.39, 0.29) is 23.4 Å². The minimum Gasteiger partial charge on any atom is -0.468 e. The number of carbonyl (C=O) groups excluding carboxylic acids is 2. The van der Waals surface area contributed by atoms with Gasteiger partial charge < -0.3 is 4.74 Å². The van der Waals surface area contributed by atoms with Gasteiger partial charge >= 0.3 is 5.97 Å². The molecule has 3 nitrogen and oxygen atoms in total. The molecule has 0 unspecified atom stereocenters. The van der Waals surface area contributed by atoms with Gasteiger partial charge in [-0.2, -0.15) is 0 Å². The van der Waals surface area contributed by atoms with Crippen LogP contribution >= 0.6 is 0 Å². The zero-order valence-electron chi connectivity index (χ0n) is 9.98. The number of hydrogen-bond acceptors (Lipinski definition) is 3. The van der Waals surface area contributed by atoms with Crippen molar-refractivity contribution in [1.82, 2.24) is 0 Å². The fraction of sp³-hybridized carbons (Fsp3) is 0.429. The quantitative estimate of drug-likeness (QED) is 0.594. The number of fused-ring (bicyclic) bond motifs is 1. The van der Waals surface area contributed by atoms with Crippen LogP contribution in [0.25, 0.3) is 0 Å². The number of benzene rings is 1. The van der Waals surface area contributed by atoms with Crippen molar-refractivity contribution < 1.29 is 18.7 Å². The van der Waals surface area contributed by atoms with Crippen molar-refractivity contribution in [2.75, 3.05) is 7.11 Å². The van der Waals surface area contributed by atoms with E-state index < -0.39 is 11.4 Å². The van der Waals surface area contributed by atoms with E-state index in [1.54, 1.807) is 6.07 Å². The van der Waals surface area contributed by atoms with Crippen LogP contribution in [0.3, 0.4) is 0 Å². The predicted molar refractivity (Wildman–Crippen MR) is 61.3 cm³/mol. The topological polar surface area (TPSA) is 43.4 Å². The number of carbonyl (C=O) groups is 2. The summed E-state index contributed by atoms with van der Waals surface area (Å²) in [6.07, 6.45) is 0.850. The van der Waals surface area contributed by atoms with E-state index in [0.717, 1.165) is 5.56 Å². The highest BCUT2D eigenvalue weighted by Crippen LogP contribution is 2.67. The Morgan fingerprint density at radius 3 is 2.89 bits per heavy atom. The van der Waals surface area contributed by atoms with Gasteiger partial charge in [0.25, 0.3) is 0 Å². The van der Waals surface area contributed by atoms with Crippen LogP contribution in [0.4, 0.5) is 4.39 Å². The van der Waals surface area contributed by atoms with Crippen molar-refractivity contribution in [3.05, 3.63) is 35.6 Å². The Morgan fingerprint density at radius 2 is 2.28 bits per heavy atom. The van der Waals surface area contributed by atoms with Crippen LogP contribution in [0.2, 0.25) is 0 Å². The second kappa shape index (κ2) is 3.64. The largest absolute Gasteiger partial charge is 0.468 e. The van der Waals surface area contributed by atoms with Crippen LogP contribution in [0.1, 0.15) is 24.3 Å². The molecular weight excluding hydrogens is 235 g/mol. The maximum Gasteiger partial charge on any atom is 0.319 e. The number of ether oxygens (including phenoxy) is 1. The lowest BCUT2D eigenvalue weighted by Crippen LogP contribution is -2.24. The third kappa shape index (κ3) is 1.35. The Bertz CT molecular complexity index is 540. The highest BCUT2D eigenvalue weighted by Gasteiger charge is 2.72. The Morgan fingerprint density at radius 1 is 1.50 bits per heavy atom. The molecule has 0 N–H and O–H groups in total. The van der Waals surface area contributed by atoms with Crippen molar-refractivity contribution >= 4 is 11.8 Å². The molecule has 0 heterocycles. The molecule has 0 radical (unpaired) electrons. The van der Waals surface area contributed by atoms with Gasteiger partial charge in [-0.25, -0.2) is 4.39 Å². The van der Waals surface area contributed by atoms with E-state index in [1.807, 2.05) is 6.07 Å². The maximum absolute atomic E-state index is 13.2. The summed E-state index contributed by atoms with van der Waals surface area (Å²) in [6, 6.07) is 6.27. The van der Waals surface area contributed by atoms with Crippen LogP contribution in [0.5, 0.6) is 0 Å². The summed E-state index contributed by atoms with van der Waals surface area (Å²) in [5.41, 5.74) is -0.122. The molecule has 0 aromatic heterocycles. The third-order valence-electron chi connectivity index (χ3n) is 4.23. The molecule has 0 amide bonds. The van der Waals surface area contributed by atoms with Crippen molar-refractivity contribution in [2.24, 2.45) is 11.3 Å². The second-order valence-electron chi connectivity index (χ2n) is 5.06. The number of rotatable bonds is 2. The standard InChI is InChI=1S/C14H13FO3/c1-18-13(17)14-7-11(14)10(6-12(14)16)8-3-2-4-9(15)5-8/h2-5,10-11H,6-7H2,1H3/t10-,11-,14+/m1/s1. The monoisotopic (exact) mass is 248 g/mol. The highest BCUT2D eigenvalue weighted by atomic mass is 19.1. The summed E-state index contributed by atoms with van der Waals surface area (Å²) in [7, 11) is 1.30. The molecule has 0 saturated heterocycles. The molecule has 3 rings (SSSR count). The minimum absolute atomic E-state index is 0.0146. The van der Waals surface area contributed by atoms with E-state index >= 15 is 0 Å². The molecule has 94 valence electrons. The van der Waals surface area contributed by atoms with Crippen molar-refractivity contribution in [3.63, 3.8) is 0 Å². The molecule has 1 aromatic rings. The summed E-state index contributed by atoms with van der Waals surface area (Å²) in [6.45, 7) is 0. The van der Waals surface area contributed by atoms with Crippen LogP contribution in [-0.2, 0) is 14.3 Å². The number of Topliss-reactive ketones (excluding diaryl/α,β-unsaturated/α-hetero) is 1. The molecule has 2 aliphatic carbocycles. The molecule has 2 saturated carbocycles. The Balaban J connectivity index is 1.92. The molecule has 0 spiro atoms. The average molecular weight is 248 g/mol. The van der Waals surface area contributed by atoms with Crippen molar-refractivity contribution in [2.45, 2.75) is 18.8 Å². The molecular formula is C14H13FO3. The van der Waals surface area contributed by atoms with Gasteiger partial charge in [0.15, 0.2) is 5.78 Å². The number of esters is 1. The lowest BCUT2D eigenvalue weighted by Gasteiger charge is -2.10. The van der Waals surface area contributed by atoms with Gasteiger partial charge in [-0.05, 0) is 36.0 Å². The molecule has 1 aromatic carbocycles. The lowest BCUT2D eigenvalue weighted by atomic mass is 9.94. The number of methoxy groups -OCH3 is 1. The van der Waals surface area contributed by atoms with Crippen molar-refractivity contribution in [1.29, 1.82) is 0 Å². The predicted octanol–water partition coefficient (Wildman–Crippen LogP) is 2.06. The Hall–Kier alpha value is -1.71. The first-order valence-electron chi connectivity index (χ1n) is 5.97. The third-order valence-corrected chi connectivity index (χ3v) is 4.23. The highest BCUT2D eigenvalue weighted by molar-refractivity contribution is 6.10. The van der Waals surface area contributed by atoms with Gasteiger partial charge in [-0.15, -0.1) is 0 Å². The first-order chi connectivity index (χ1) is 8.59. The lowest BCUT2D eigenvalue weighted by molar-refractivity contribution is -0.150. The SMILES string of the molecule is COC(=O)[C@@]12C[C@@H]1[C@@H](c1cccc(F)c1)CC2=O. The van der Waals surface area contributed by atoms with Crippen LogP contribution < -0.4 is 0 Å². The summed E-state index contributed by atoms with van der Waals surface area (Å²) in [5.74, 6) is -0.868. The zero-order valence-corrected chi connectivity index (χ0v) is 9.98. The summed E-state index contributed by atoms with van der Waals surface area (Å²) in [4.78, 5) is 23.7. The maximum atomic E-state index is 13.2. The first kappa shape index (κ1) is 11.4. The molecule has 18 heavy (non-hydrogen) atoms. The van der Waals surface area contributed by atoms with Crippen molar-refractivity contribution in [3.8, 4) is 0 Å². The summed E-state index contributed by atoms with van der Waals surface area (Å²) >= 11 is 0. The molecule has 2 aliphatic rings. The van der Waals surface area contributed by atoms with Gasteiger partial charge in [-0.1, -0.05) is 12.1 Å². The number of ketones is 1. The van der Waals surface area contributed by atoms with Gasteiger partial charge in [-0.3, -0.25) is 9.59 Å². The smallest absolute Gasteiger partial charge is 0.319 e. The van der Waals surface area contributed by atoms with Gasteiger partial charge in [0, 0.05) is 6.42 Å². The summed E-state index contributed by atoms with van der Waals surface area (Å²) < 4.78 is 17.9. The second-order valence-corrected chi connectivity index (χ2v) is 5.06. The van der Waals surface area contributed by atoms with E-state index in [2.05, 4.69) is 0 Å². The molecule has 0 bridgehead atoms. The Kier molecular flexibility index (Phi) is 2.30. The van der Waals surface area contributed by atoms with Crippen LogP contribution in [-0.4, -0.2) is 18.9 Å². The van der Waals surface area contributed by atoms with Crippen LogP contribution in [0, 0.1) is 17.2 Å². The number of halogens is 1.